The SMILES string of the molecule is CC[C@H]1CN(C(=O)c2cc(NC(C)=O)ccc2F)[C@H](CC)CN1CC(C)(C)O. The fourth-order valence-corrected chi connectivity index (χ4v) is 3.81. The fraction of sp³-hybridized carbons (Fsp3) is 0.619. The Balaban J connectivity index is 2.28. The van der Waals surface area contributed by atoms with Gasteiger partial charge >= 0.3 is 0 Å². The fourth-order valence-electron chi connectivity index (χ4n) is 3.81. The van der Waals surface area contributed by atoms with Gasteiger partial charge in [0.25, 0.3) is 5.91 Å². The van der Waals surface area contributed by atoms with Crippen molar-refractivity contribution in [2.75, 3.05) is 25.0 Å². The highest BCUT2D eigenvalue weighted by molar-refractivity contribution is 5.97. The summed E-state index contributed by atoms with van der Waals surface area (Å²) in [7, 11) is 0. The molecule has 2 rings (SSSR count). The molecule has 0 aliphatic carbocycles. The van der Waals surface area contributed by atoms with Crippen molar-refractivity contribution < 1.29 is 19.1 Å². The zero-order valence-electron chi connectivity index (χ0n) is 17.5. The smallest absolute Gasteiger partial charge is 0.257 e. The minimum absolute atomic E-state index is 0.0320. The molecule has 7 heteroatoms. The van der Waals surface area contributed by atoms with Crippen molar-refractivity contribution in [3.63, 3.8) is 0 Å². The molecule has 0 saturated carbocycles. The first-order chi connectivity index (χ1) is 13.1. The number of halogens is 1. The van der Waals surface area contributed by atoms with Gasteiger partial charge in [-0.15, -0.1) is 0 Å². The molecule has 156 valence electrons. The molecule has 0 aromatic heterocycles. The number of anilines is 1. The quantitative estimate of drug-likeness (QED) is 0.780. The lowest BCUT2D eigenvalue weighted by molar-refractivity contribution is -0.114. The van der Waals surface area contributed by atoms with Crippen LogP contribution in [0.4, 0.5) is 10.1 Å². The van der Waals surface area contributed by atoms with Crippen molar-refractivity contribution in [1.82, 2.24) is 9.80 Å². The molecule has 2 amide bonds. The van der Waals surface area contributed by atoms with Crippen molar-refractivity contribution in [3.05, 3.63) is 29.6 Å². The highest BCUT2D eigenvalue weighted by Gasteiger charge is 2.37. The number of benzene rings is 1. The largest absolute Gasteiger partial charge is 0.389 e. The van der Waals surface area contributed by atoms with Crippen LogP contribution < -0.4 is 5.32 Å². The van der Waals surface area contributed by atoms with E-state index >= 15 is 0 Å². The van der Waals surface area contributed by atoms with E-state index in [1.807, 2.05) is 6.92 Å². The number of β-amino-alcohol motifs (C(OH)–C–C–N with tert-alkyl or cyclic N) is 1. The predicted octanol–water partition coefficient (Wildman–Crippen LogP) is 2.87. The lowest BCUT2D eigenvalue weighted by Gasteiger charge is -2.47. The van der Waals surface area contributed by atoms with Gasteiger partial charge in [0.1, 0.15) is 5.82 Å². The second kappa shape index (κ2) is 9.01. The third kappa shape index (κ3) is 5.52. The maximum absolute atomic E-state index is 14.4. The van der Waals surface area contributed by atoms with E-state index in [0.717, 1.165) is 12.8 Å². The lowest BCUT2D eigenvalue weighted by atomic mass is 9.98. The lowest BCUT2D eigenvalue weighted by Crippen LogP contribution is -2.61. The molecule has 1 aliphatic rings. The summed E-state index contributed by atoms with van der Waals surface area (Å²) in [5.41, 5.74) is -0.454. The van der Waals surface area contributed by atoms with E-state index in [2.05, 4.69) is 17.1 Å². The van der Waals surface area contributed by atoms with Crippen LogP contribution in [-0.4, -0.2) is 64.0 Å². The first-order valence-electron chi connectivity index (χ1n) is 9.90. The van der Waals surface area contributed by atoms with Gasteiger partial charge in [0.15, 0.2) is 0 Å². The Morgan fingerprint density at radius 2 is 1.86 bits per heavy atom. The van der Waals surface area contributed by atoms with Gasteiger partial charge in [0, 0.05) is 44.3 Å². The third-order valence-corrected chi connectivity index (χ3v) is 5.12. The number of carbonyl (C=O) groups excluding carboxylic acids is 2. The maximum atomic E-state index is 14.4. The molecule has 6 nitrogen and oxygen atoms in total. The van der Waals surface area contributed by atoms with Crippen LogP contribution in [-0.2, 0) is 4.79 Å². The number of amides is 2. The molecule has 1 fully saturated rings. The van der Waals surface area contributed by atoms with E-state index < -0.39 is 11.4 Å². The predicted molar refractivity (Wildman–Crippen MR) is 108 cm³/mol. The number of nitrogens with zero attached hydrogens (tertiary/aromatic N) is 2. The molecule has 1 aromatic carbocycles. The second-order valence-electron chi connectivity index (χ2n) is 8.20. The molecule has 0 radical (unpaired) electrons. The number of hydrogen-bond acceptors (Lipinski definition) is 4. The summed E-state index contributed by atoms with van der Waals surface area (Å²) in [6.07, 6.45) is 1.56. The first kappa shape index (κ1) is 22.3. The Bertz CT molecular complexity index is 717. The molecule has 0 unspecified atom stereocenters. The second-order valence-corrected chi connectivity index (χ2v) is 8.20. The monoisotopic (exact) mass is 393 g/mol. The van der Waals surface area contributed by atoms with E-state index in [4.69, 9.17) is 0 Å². The number of hydrogen-bond donors (Lipinski definition) is 2. The van der Waals surface area contributed by atoms with Crippen LogP contribution in [0.5, 0.6) is 0 Å². The van der Waals surface area contributed by atoms with Gasteiger partial charge in [0.2, 0.25) is 5.91 Å². The van der Waals surface area contributed by atoms with E-state index in [1.54, 1.807) is 18.7 Å². The summed E-state index contributed by atoms with van der Waals surface area (Å²) in [5.74, 6) is -1.23. The van der Waals surface area contributed by atoms with E-state index in [1.165, 1.54) is 25.1 Å². The average molecular weight is 394 g/mol. The standard InChI is InChI=1S/C21H32FN3O3/c1-6-16-12-25(17(7-2)11-24(16)13-21(4,5)28)20(27)18-10-15(23-14(3)26)8-9-19(18)22/h8-10,16-17,28H,6-7,11-13H2,1-5H3,(H,23,26)/t16-,17+/m0/s1. The Labute approximate surface area is 166 Å². The minimum atomic E-state index is -0.823. The molecular formula is C21H32FN3O3. The van der Waals surface area contributed by atoms with Gasteiger partial charge in [-0.2, -0.15) is 0 Å². The van der Waals surface area contributed by atoms with Gasteiger partial charge in [-0.1, -0.05) is 13.8 Å². The number of piperazine rings is 1. The Kier molecular flexibility index (Phi) is 7.17. The van der Waals surface area contributed by atoms with E-state index in [0.29, 0.717) is 25.3 Å². The van der Waals surface area contributed by atoms with Crippen LogP contribution in [0.2, 0.25) is 0 Å². The summed E-state index contributed by atoms with van der Waals surface area (Å²) < 4.78 is 14.4. The summed E-state index contributed by atoms with van der Waals surface area (Å²) in [5, 5.41) is 12.8. The van der Waals surface area contributed by atoms with Crippen LogP contribution in [0.25, 0.3) is 0 Å². The molecule has 0 spiro atoms. The van der Waals surface area contributed by atoms with E-state index in [9.17, 15) is 19.1 Å². The third-order valence-electron chi connectivity index (χ3n) is 5.12. The van der Waals surface area contributed by atoms with Crippen LogP contribution in [0.3, 0.4) is 0 Å². The zero-order chi connectivity index (χ0) is 21.1. The van der Waals surface area contributed by atoms with Gasteiger partial charge in [-0.05, 0) is 44.9 Å². The normalized spacial score (nSPS) is 20.9. The van der Waals surface area contributed by atoms with Crippen molar-refractivity contribution in [2.45, 2.75) is 65.1 Å². The first-order valence-corrected chi connectivity index (χ1v) is 9.90. The molecule has 2 atom stereocenters. The van der Waals surface area contributed by atoms with Crippen LogP contribution in [0, 0.1) is 5.82 Å². The van der Waals surface area contributed by atoms with Crippen LogP contribution in [0.1, 0.15) is 57.8 Å². The molecule has 0 bridgehead atoms. The topological polar surface area (TPSA) is 72.9 Å². The van der Waals surface area contributed by atoms with Gasteiger partial charge in [-0.25, -0.2) is 4.39 Å². The number of carbonyl (C=O) groups is 2. The van der Waals surface area contributed by atoms with Crippen molar-refractivity contribution in [1.29, 1.82) is 0 Å². The Morgan fingerprint density at radius 1 is 1.21 bits per heavy atom. The molecule has 28 heavy (non-hydrogen) atoms. The molecule has 1 aliphatic heterocycles. The maximum Gasteiger partial charge on any atom is 0.257 e. The number of aliphatic hydroxyl groups is 1. The van der Waals surface area contributed by atoms with Gasteiger partial charge < -0.3 is 15.3 Å². The molecule has 1 saturated heterocycles. The van der Waals surface area contributed by atoms with Gasteiger partial charge in [-0.3, -0.25) is 14.5 Å². The summed E-state index contributed by atoms with van der Waals surface area (Å²) in [6, 6.07) is 4.08. The number of nitrogens with one attached hydrogen (secondary N) is 1. The van der Waals surface area contributed by atoms with Crippen LogP contribution in [0.15, 0.2) is 18.2 Å². The number of rotatable bonds is 6. The highest BCUT2D eigenvalue weighted by atomic mass is 19.1. The van der Waals surface area contributed by atoms with Crippen molar-refractivity contribution >= 4 is 17.5 Å². The summed E-state index contributed by atoms with van der Waals surface area (Å²) in [6.45, 7) is 10.6. The van der Waals surface area contributed by atoms with Crippen molar-refractivity contribution in [3.8, 4) is 0 Å². The minimum Gasteiger partial charge on any atom is -0.389 e. The molecule has 1 aromatic rings. The Hall–Kier alpha value is -1.99. The van der Waals surface area contributed by atoms with Crippen LogP contribution >= 0.6 is 0 Å². The molecular weight excluding hydrogens is 361 g/mol. The van der Waals surface area contributed by atoms with E-state index in [-0.39, 0.29) is 29.5 Å². The molecule has 2 N–H and O–H groups in total. The van der Waals surface area contributed by atoms with Crippen molar-refractivity contribution in [2.24, 2.45) is 0 Å². The Morgan fingerprint density at radius 3 is 2.39 bits per heavy atom. The van der Waals surface area contributed by atoms with Gasteiger partial charge in [0.05, 0.1) is 11.2 Å². The summed E-state index contributed by atoms with van der Waals surface area (Å²) >= 11 is 0. The summed E-state index contributed by atoms with van der Waals surface area (Å²) in [4.78, 5) is 28.4. The molecule has 1 heterocycles. The zero-order valence-corrected chi connectivity index (χ0v) is 17.5. The average Bonchev–Trinajstić information content (AvgIpc) is 2.60. The highest BCUT2D eigenvalue weighted by Crippen LogP contribution is 2.25.